The normalized spacial score (nSPS) is 10.6. The molecule has 0 saturated heterocycles. The van der Waals surface area contributed by atoms with E-state index in [-0.39, 0.29) is 31.4 Å². The van der Waals surface area contributed by atoms with Crippen LogP contribution in [0.3, 0.4) is 0 Å². The van der Waals surface area contributed by atoms with Gasteiger partial charge in [0.2, 0.25) is 11.8 Å². The second kappa shape index (κ2) is 15.1. The maximum absolute atomic E-state index is 11.7. The summed E-state index contributed by atoms with van der Waals surface area (Å²) in [5.74, 6) is -0.452. The van der Waals surface area contributed by atoms with E-state index in [1.165, 1.54) is 5.56 Å². The van der Waals surface area contributed by atoms with Crippen molar-refractivity contribution in [1.82, 2.24) is 10.6 Å². The molecule has 152 valence electrons. The van der Waals surface area contributed by atoms with Crippen molar-refractivity contribution in [2.24, 2.45) is 5.73 Å². The number of benzene rings is 1. The molecule has 0 fully saturated rings. The van der Waals surface area contributed by atoms with Crippen molar-refractivity contribution in [2.45, 2.75) is 19.9 Å². The number of ether oxygens (including phenoxy) is 3. The Morgan fingerprint density at radius 2 is 1.44 bits per heavy atom. The molecule has 0 heterocycles. The predicted molar refractivity (Wildman–Crippen MR) is 102 cm³/mol. The first-order valence-electron chi connectivity index (χ1n) is 9.14. The van der Waals surface area contributed by atoms with E-state index < -0.39 is 0 Å². The zero-order valence-corrected chi connectivity index (χ0v) is 16.0. The van der Waals surface area contributed by atoms with Crippen molar-refractivity contribution in [3.05, 3.63) is 35.4 Å². The highest BCUT2D eigenvalue weighted by atomic mass is 16.5. The van der Waals surface area contributed by atoms with Crippen molar-refractivity contribution in [3.63, 3.8) is 0 Å². The van der Waals surface area contributed by atoms with Crippen LogP contribution in [0, 0.1) is 6.92 Å². The van der Waals surface area contributed by atoms with Crippen LogP contribution >= 0.6 is 0 Å². The monoisotopic (exact) mass is 381 g/mol. The smallest absolute Gasteiger partial charge is 0.239 e. The lowest BCUT2D eigenvalue weighted by molar-refractivity contribution is -0.126. The molecular formula is C19H31N3O5. The third kappa shape index (κ3) is 12.9. The van der Waals surface area contributed by atoms with Gasteiger partial charge in [0.05, 0.1) is 46.2 Å². The fraction of sp³-hybridized carbons (Fsp3) is 0.579. The fourth-order valence-corrected chi connectivity index (χ4v) is 2.03. The van der Waals surface area contributed by atoms with Gasteiger partial charge in [0, 0.05) is 19.5 Å². The number of aryl methyl sites for hydroxylation is 1. The first-order chi connectivity index (χ1) is 13.1. The lowest BCUT2D eigenvalue weighted by atomic mass is 10.1. The second-order valence-electron chi connectivity index (χ2n) is 5.91. The Balaban J connectivity index is 1.94. The molecule has 0 saturated carbocycles. The molecule has 0 aliphatic rings. The van der Waals surface area contributed by atoms with Crippen LogP contribution in [0.4, 0.5) is 0 Å². The quantitative estimate of drug-likeness (QED) is 0.372. The number of carbonyl (C=O) groups excluding carboxylic acids is 2. The summed E-state index contributed by atoms with van der Waals surface area (Å²) >= 11 is 0. The van der Waals surface area contributed by atoms with Crippen LogP contribution in [0.5, 0.6) is 0 Å². The SMILES string of the molecule is Cc1ccc(CNC(=O)CNC(=O)CCOCCOCCOCCN)cc1. The van der Waals surface area contributed by atoms with Crippen LogP contribution in [0.25, 0.3) is 0 Å². The third-order valence-electron chi connectivity index (χ3n) is 3.54. The van der Waals surface area contributed by atoms with Gasteiger partial charge in [-0.25, -0.2) is 0 Å². The Hall–Kier alpha value is -2.00. The lowest BCUT2D eigenvalue weighted by Gasteiger charge is -2.08. The Kier molecular flexibility index (Phi) is 12.9. The standard InChI is InChI=1S/C19H31N3O5/c1-16-2-4-17(5-3-16)14-21-19(24)15-22-18(23)6-8-25-10-12-27-13-11-26-9-7-20/h2-5H,6-15,20H2,1H3,(H,21,24)(H,22,23). The predicted octanol–water partition coefficient (Wildman–Crippen LogP) is 0.126. The van der Waals surface area contributed by atoms with Crippen LogP contribution in [-0.4, -0.2) is 64.5 Å². The van der Waals surface area contributed by atoms with Crippen molar-refractivity contribution in [1.29, 1.82) is 0 Å². The molecule has 0 aliphatic heterocycles. The van der Waals surface area contributed by atoms with Crippen LogP contribution < -0.4 is 16.4 Å². The molecule has 2 amide bonds. The highest BCUT2D eigenvalue weighted by molar-refractivity contribution is 5.84. The summed E-state index contributed by atoms with van der Waals surface area (Å²) in [5.41, 5.74) is 7.47. The minimum atomic E-state index is -0.227. The molecule has 8 heteroatoms. The van der Waals surface area contributed by atoms with Crippen LogP contribution in [0.2, 0.25) is 0 Å². The molecule has 0 unspecified atom stereocenters. The summed E-state index contributed by atoms with van der Waals surface area (Å²) < 4.78 is 15.8. The number of hydrogen-bond acceptors (Lipinski definition) is 6. The van der Waals surface area contributed by atoms with Gasteiger partial charge in [-0.1, -0.05) is 29.8 Å². The van der Waals surface area contributed by atoms with E-state index in [0.717, 1.165) is 5.56 Å². The van der Waals surface area contributed by atoms with Crippen molar-refractivity contribution < 1.29 is 23.8 Å². The molecule has 8 nitrogen and oxygen atoms in total. The zero-order valence-electron chi connectivity index (χ0n) is 16.0. The highest BCUT2D eigenvalue weighted by Crippen LogP contribution is 2.02. The summed E-state index contributed by atoms with van der Waals surface area (Å²) in [6.45, 7) is 5.55. The Bertz CT molecular complexity index is 537. The molecule has 27 heavy (non-hydrogen) atoms. The third-order valence-corrected chi connectivity index (χ3v) is 3.54. The van der Waals surface area contributed by atoms with E-state index in [0.29, 0.717) is 46.1 Å². The number of amides is 2. The Morgan fingerprint density at radius 1 is 0.852 bits per heavy atom. The first kappa shape index (κ1) is 23.0. The molecular weight excluding hydrogens is 350 g/mol. The van der Waals surface area contributed by atoms with Gasteiger partial charge in [-0.3, -0.25) is 9.59 Å². The van der Waals surface area contributed by atoms with E-state index in [9.17, 15) is 9.59 Å². The summed E-state index contributed by atoms with van der Waals surface area (Å²) in [7, 11) is 0. The maximum Gasteiger partial charge on any atom is 0.239 e. The summed E-state index contributed by atoms with van der Waals surface area (Å²) in [4.78, 5) is 23.4. The Labute approximate surface area is 160 Å². The van der Waals surface area contributed by atoms with Crippen molar-refractivity contribution >= 4 is 11.8 Å². The van der Waals surface area contributed by atoms with Gasteiger partial charge in [-0.05, 0) is 12.5 Å². The molecule has 0 bridgehead atoms. The van der Waals surface area contributed by atoms with Crippen LogP contribution in [0.1, 0.15) is 17.5 Å². The molecule has 1 aromatic rings. The van der Waals surface area contributed by atoms with Gasteiger partial charge >= 0.3 is 0 Å². The molecule has 1 aromatic carbocycles. The number of nitrogens with one attached hydrogen (secondary N) is 2. The van der Waals surface area contributed by atoms with Gasteiger partial charge in [-0.15, -0.1) is 0 Å². The molecule has 1 rings (SSSR count). The van der Waals surface area contributed by atoms with E-state index in [2.05, 4.69) is 10.6 Å². The minimum Gasteiger partial charge on any atom is -0.379 e. The Morgan fingerprint density at radius 3 is 2.07 bits per heavy atom. The van der Waals surface area contributed by atoms with E-state index in [1.54, 1.807) is 0 Å². The van der Waals surface area contributed by atoms with Crippen LogP contribution in [0.15, 0.2) is 24.3 Å². The van der Waals surface area contributed by atoms with E-state index in [1.807, 2.05) is 31.2 Å². The maximum atomic E-state index is 11.7. The number of carbonyl (C=O) groups is 2. The largest absolute Gasteiger partial charge is 0.379 e. The molecule has 0 radical (unpaired) electrons. The van der Waals surface area contributed by atoms with Gasteiger partial charge in [0.25, 0.3) is 0 Å². The number of nitrogens with two attached hydrogens (primary N) is 1. The average Bonchev–Trinajstić information content (AvgIpc) is 2.67. The summed E-state index contributed by atoms with van der Waals surface area (Å²) in [6.07, 6.45) is 0.199. The minimum absolute atomic E-state index is 0.0450. The topological polar surface area (TPSA) is 112 Å². The number of rotatable bonds is 15. The number of hydrogen-bond donors (Lipinski definition) is 3. The lowest BCUT2D eigenvalue weighted by Crippen LogP contribution is -2.36. The van der Waals surface area contributed by atoms with Gasteiger partial charge in [-0.2, -0.15) is 0 Å². The first-order valence-corrected chi connectivity index (χ1v) is 9.14. The molecule has 0 aromatic heterocycles. The molecule has 0 aliphatic carbocycles. The molecule has 0 spiro atoms. The van der Waals surface area contributed by atoms with Crippen molar-refractivity contribution in [2.75, 3.05) is 52.7 Å². The van der Waals surface area contributed by atoms with Gasteiger partial charge < -0.3 is 30.6 Å². The fourth-order valence-electron chi connectivity index (χ4n) is 2.03. The highest BCUT2D eigenvalue weighted by Gasteiger charge is 2.05. The van der Waals surface area contributed by atoms with E-state index >= 15 is 0 Å². The molecule has 0 atom stereocenters. The average molecular weight is 381 g/mol. The van der Waals surface area contributed by atoms with Gasteiger partial charge in [0.1, 0.15) is 0 Å². The van der Waals surface area contributed by atoms with Crippen LogP contribution in [-0.2, 0) is 30.3 Å². The zero-order chi connectivity index (χ0) is 19.7. The molecule has 4 N–H and O–H groups in total. The summed E-state index contributed by atoms with van der Waals surface area (Å²) in [5, 5.41) is 5.33. The van der Waals surface area contributed by atoms with Crippen molar-refractivity contribution in [3.8, 4) is 0 Å². The van der Waals surface area contributed by atoms with E-state index in [4.69, 9.17) is 19.9 Å². The second-order valence-corrected chi connectivity index (χ2v) is 5.91. The summed E-state index contributed by atoms with van der Waals surface area (Å²) in [6, 6.07) is 7.90. The van der Waals surface area contributed by atoms with Gasteiger partial charge in [0.15, 0.2) is 0 Å².